The Labute approximate surface area is 186 Å². The monoisotopic (exact) mass is 451 g/mol. The van der Waals surface area contributed by atoms with Crippen LogP contribution in [0.2, 0.25) is 0 Å². The van der Waals surface area contributed by atoms with Crippen LogP contribution >= 0.6 is 0 Å². The number of amides is 1. The second-order valence-electron chi connectivity index (χ2n) is 7.45. The van der Waals surface area contributed by atoms with Crippen LogP contribution in [0.15, 0.2) is 59.3 Å². The van der Waals surface area contributed by atoms with E-state index in [0.29, 0.717) is 35.7 Å². The maximum absolute atomic E-state index is 13.2. The maximum atomic E-state index is 13.2. The second-order valence-corrected chi connectivity index (χ2v) is 7.45. The van der Waals surface area contributed by atoms with Crippen molar-refractivity contribution in [2.24, 2.45) is 0 Å². The molecule has 4 aromatic rings. The van der Waals surface area contributed by atoms with Crippen molar-refractivity contribution in [3.05, 3.63) is 77.5 Å². The number of aryl methyl sites for hydroxylation is 1. The Balaban J connectivity index is 1.63. The first-order valence-electron chi connectivity index (χ1n) is 10.1. The van der Waals surface area contributed by atoms with Crippen LogP contribution in [0.5, 0.6) is 0 Å². The van der Waals surface area contributed by atoms with Crippen molar-refractivity contribution in [1.29, 1.82) is 0 Å². The lowest BCUT2D eigenvalue weighted by Gasteiger charge is -2.26. The van der Waals surface area contributed by atoms with Crippen molar-refractivity contribution in [3.63, 3.8) is 0 Å². The first-order valence-corrected chi connectivity index (χ1v) is 10.1. The van der Waals surface area contributed by atoms with Crippen LogP contribution in [-0.2, 0) is 12.6 Å². The zero-order valence-corrected chi connectivity index (χ0v) is 17.3. The van der Waals surface area contributed by atoms with E-state index in [2.05, 4.69) is 19.9 Å². The topological polar surface area (TPSA) is 85.0 Å². The highest BCUT2D eigenvalue weighted by Crippen LogP contribution is 2.38. The molecule has 4 heterocycles. The summed E-state index contributed by atoms with van der Waals surface area (Å²) in [5, 5.41) is 0. The summed E-state index contributed by atoms with van der Waals surface area (Å²) in [5.41, 5.74) is 1.09. The van der Waals surface area contributed by atoms with Crippen LogP contribution < -0.4 is 4.90 Å². The molecule has 1 aliphatic heterocycles. The Morgan fingerprint density at radius 1 is 1.00 bits per heavy atom. The summed E-state index contributed by atoms with van der Waals surface area (Å²) in [7, 11) is 0. The summed E-state index contributed by atoms with van der Waals surface area (Å²) in [6.07, 6.45) is -0.832. The molecule has 0 aliphatic carbocycles. The van der Waals surface area contributed by atoms with Gasteiger partial charge in [0, 0.05) is 24.5 Å². The quantitative estimate of drug-likeness (QED) is 0.448. The highest BCUT2D eigenvalue weighted by molar-refractivity contribution is 6.07. The predicted octanol–water partition coefficient (Wildman–Crippen LogP) is 4.72. The van der Waals surface area contributed by atoms with Gasteiger partial charge in [-0.3, -0.25) is 14.7 Å². The minimum atomic E-state index is -4.47. The Morgan fingerprint density at radius 2 is 1.79 bits per heavy atom. The van der Waals surface area contributed by atoms with Gasteiger partial charge in [-0.05, 0) is 43.2 Å². The zero-order chi connectivity index (χ0) is 23.2. The Kier molecular flexibility index (Phi) is 4.92. The van der Waals surface area contributed by atoms with Gasteiger partial charge in [-0.2, -0.15) is 18.2 Å². The number of aromatic nitrogens is 4. The Morgan fingerprint density at radius 3 is 2.52 bits per heavy atom. The second kappa shape index (κ2) is 7.80. The van der Waals surface area contributed by atoms with Gasteiger partial charge < -0.3 is 4.42 Å². The highest BCUT2D eigenvalue weighted by Gasteiger charge is 2.33. The molecule has 0 N–H and O–H groups in total. The van der Waals surface area contributed by atoms with Crippen molar-refractivity contribution in [2.75, 3.05) is 11.4 Å². The third-order valence-electron chi connectivity index (χ3n) is 5.28. The van der Waals surface area contributed by atoms with E-state index in [0.717, 1.165) is 17.7 Å². The molecule has 0 fully saturated rings. The summed E-state index contributed by atoms with van der Waals surface area (Å²) in [6.45, 7) is 2.03. The number of pyridine rings is 1. The largest absolute Gasteiger partial charge is 0.432 e. The van der Waals surface area contributed by atoms with Crippen LogP contribution in [0.1, 0.15) is 27.4 Å². The number of hydrogen-bond acceptors (Lipinski definition) is 6. The number of nitrogens with zero attached hydrogens (tertiary/aromatic N) is 5. The van der Waals surface area contributed by atoms with Gasteiger partial charge in [0.25, 0.3) is 5.91 Å². The average molecular weight is 451 g/mol. The summed E-state index contributed by atoms with van der Waals surface area (Å²) >= 11 is 0. The third kappa shape index (κ3) is 3.84. The third-order valence-corrected chi connectivity index (χ3v) is 5.28. The maximum Gasteiger partial charge on any atom is 0.416 e. The molecule has 5 rings (SSSR count). The molecular weight excluding hydrogens is 435 g/mol. The van der Waals surface area contributed by atoms with Crippen molar-refractivity contribution in [3.8, 4) is 22.9 Å². The molecule has 1 amide bonds. The molecule has 0 radical (unpaired) electrons. The smallest absolute Gasteiger partial charge is 0.416 e. The molecule has 10 heteroatoms. The minimum Gasteiger partial charge on any atom is -0.432 e. The van der Waals surface area contributed by atoms with Gasteiger partial charge in [0.05, 0.1) is 5.56 Å². The SMILES string of the molecule is Cc1nccc(-c2nc(N3CCc4cccnc4C3=O)c(-c3ccc(C(F)(F)F)cc3)o2)n1. The summed E-state index contributed by atoms with van der Waals surface area (Å²) in [6, 6.07) is 9.72. The standard InChI is InChI=1S/C23H16F3N5O2/c1-13-27-11-8-17(29-13)21-30-20(31-12-9-14-3-2-10-28-18(14)22(31)32)19(33-21)15-4-6-16(7-5-15)23(24,25)26/h2-8,10-11H,9,12H2,1H3. The number of halogens is 3. The van der Waals surface area contributed by atoms with Gasteiger partial charge in [-0.1, -0.05) is 18.2 Å². The van der Waals surface area contributed by atoms with Gasteiger partial charge in [-0.15, -0.1) is 0 Å². The molecule has 0 saturated heterocycles. The highest BCUT2D eigenvalue weighted by atomic mass is 19.4. The summed E-state index contributed by atoms with van der Waals surface area (Å²) in [4.78, 5) is 31.7. The molecule has 0 atom stereocenters. The molecular formula is C23H16F3N5O2. The number of fused-ring (bicyclic) bond motifs is 1. The van der Waals surface area contributed by atoms with Crippen LogP contribution in [0.4, 0.5) is 19.0 Å². The lowest BCUT2D eigenvalue weighted by molar-refractivity contribution is -0.137. The molecule has 0 spiro atoms. The number of oxazole rings is 1. The van der Waals surface area contributed by atoms with Gasteiger partial charge in [0.1, 0.15) is 17.2 Å². The van der Waals surface area contributed by atoms with Crippen molar-refractivity contribution in [2.45, 2.75) is 19.5 Å². The van der Waals surface area contributed by atoms with Gasteiger partial charge in [0.2, 0.25) is 5.89 Å². The number of anilines is 1. The van der Waals surface area contributed by atoms with E-state index in [9.17, 15) is 18.0 Å². The minimum absolute atomic E-state index is 0.130. The lowest BCUT2D eigenvalue weighted by Crippen LogP contribution is -2.38. The van der Waals surface area contributed by atoms with E-state index in [1.54, 1.807) is 25.3 Å². The molecule has 1 aromatic carbocycles. The van der Waals surface area contributed by atoms with E-state index in [1.165, 1.54) is 23.2 Å². The van der Waals surface area contributed by atoms with Gasteiger partial charge in [0.15, 0.2) is 11.6 Å². The van der Waals surface area contributed by atoms with Crippen LogP contribution in [0.25, 0.3) is 22.9 Å². The number of alkyl halides is 3. The lowest BCUT2D eigenvalue weighted by atomic mass is 10.0. The van der Waals surface area contributed by atoms with Gasteiger partial charge >= 0.3 is 6.18 Å². The molecule has 1 aliphatic rings. The van der Waals surface area contributed by atoms with Crippen LogP contribution in [0.3, 0.4) is 0 Å². The number of hydrogen-bond donors (Lipinski definition) is 0. The molecule has 0 unspecified atom stereocenters. The number of carbonyl (C=O) groups excluding carboxylic acids is 1. The first-order chi connectivity index (χ1) is 15.8. The number of rotatable bonds is 3. The molecule has 3 aromatic heterocycles. The van der Waals surface area contributed by atoms with Crippen molar-refractivity contribution in [1.82, 2.24) is 19.9 Å². The van der Waals surface area contributed by atoms with E-state index < -0.39 is 11.7 Å². The normalized spacial score (nSPS) is 13.8. The van der Waals surface area contributed by atoms with E-state index in [4.69, 9.17) is 4.42 Å². The predicted molar refractivity (Wildman–Crippen MR) is 112 cm³/mol. The molecule has 0 bridgehead atoms. The number of carbonyl (C=O) groups is 1. The fraction of sp³-hybridized carbons (Fsp3) is 0.174. The van der Waals surface area contributed by atoms with E-state index >= 15 is 0 Å². The van der Waals surface area contributed by atoms with Crippen molar-refractivity contribution < 1.29 is 22.4 Å². The van der Waals surface area contributed by atoms with Crippen LogP contribution in [-0.4, -0.2) is 32.4 Å². The van der Waals surface area contributed by atoms with Crippen LogP contribution in [0, 0.1) is 6.92 Å². The molecule has 0 saturated carbocycles. The number of benzene rings is 1. The Bertz CT molecular complexity index is 1350. The fourth-order valence-electron chi connectivity index (χ4n) is 3.68. The average Bonchev–Trinajstić information content (AvgIpc) is 3.24. The summed E-state index contributed by atoms with van der Waals surface area (Å²) in [5.74, 6) is 0.634. The van der Waals surface area contributed by atoms with Gasteiger partial charge in [-0.25, -0.2) is 9.97 Å². The van der Waals surface area contributed by atoms with Crippen molar-refractivity contribution >= 4 is 11.7 Å². The summed E-state index contributed by atoms with van der Waals surface area (Å²) < 4.78 is 45.1. The Hall–Kier alpha value is -4.08. The van der Waals surface area contributed by atoms with E-state index in [1.807, 2.05) is 6.07 Å². The molecule has 7 nitrogen and oxygen atoms in total. The zero-order valence-electron chi connectivity index (χ0n) is 17.3. The molecule has 166 valence electrons. The fourth-order valence-corrected chi connectivity index (χ4v) is 3.68. The van der Waals surface area contributed by atoms with E-state index in [-0.39, 0.29) is 23.4 Å². The first kappa shape index (κ1) is 20.8. The molecule has 33 heavy (non-hydrogen) atoms.